The molecule has 0 saturated carbocycles. The van der Waals surface area contributed by atoms with Crippen LogP contribution in [-0.4, -0.2) is 24.0 Å². The molecule has 0 atom stereocenters. The number of ketones is 1. The maximum atomic E-state index is 11.1. The fourth-order valence-corrected chi connectivity index (χ4v) is 1.96. The number of rotatable bonds is 4. The molecule has 4 heteroatoms. The van der Waals surface area contributed by atoms with Gasteiger partial charge in [0.05, 0.1) is 25.5 Å². The van der Waals surface area contributed by atoms with Crippen LogP contribution in [0.15, 0.2) is 71.8 Å². The minimum Gasteiger partial charge on any atom is -0.504 e. The van der Waals surface area contributed by atoms with Gasteiger partial charge in [0, 0.05) is 6.42 Å². The van der Waals surface area contributed by atoms with Gasteiger partial charge in [-0.05, 0) is 35.5 Å². The van der Waals surface area contributed by atoms with Gasteiger partial charge in [0.25, 0.3) is 0 Å². The molecule has 0 spiro atoms. The summed E-state index contributed by atoms with van der Waals surface area (Å²) >= 11 is 0. The first-order valence-corrected chi connectivity index (χ1v) is 6.75. The highest BCUT2D eigenvalue weighted by Gasteiger charge is 2.08. The maximum Gasteiger partial charge on any atom is 0.220 e. The second kappa shape index (κ2) is 6.84. The average Bonchev–Trinajstić information content (AvgIpc) is 2.47. The van der Waals surface area contributed by atoms with Gasteiger partial charge >= 0.3 is 0 Å². The van der Waals surface area contributed by atoms with Crippen molar-refractivity contribution in [3.63, 3.8) is 0 Å². The van der Waals surface area contributed by atoms with Crippen LogP contribution < -0.4 is 10.6 Å². The molecule has 2 rings (SSSR count). The van der Waals surface area contributed by atoms with Gasteiger partial charge in [0.15, 0.2) is 5.76 Å². The highest BCUT2D eigenvalue weighted by Crippen LogP contribution is 2.12. The summed E-state index contributed by atoms with van der Waals surface area (Å²) in [6, 6.07) is 0. The molecule has 0 radical (unpaired) electrons. The van der Waals surface area contributed by atoms with E-state index in [-0.39, 0.29) is 11.5 Å². The van der Waals surface area contributed by atoms with Crippen LogP contribution in [0.2, 0.25) is 0 Å². The maximum absolute atomic E-state index is 11.1. The largest absolute Gasteiger partial charge is 0.504 e. The zero-order valence-corrected chi connectivity index (χ0v) is 11.4. The lowest BCUT2D eigenvalue weighted by Gasteiger charge is -2.11. The van der Waals surface area contributed by atoms with E-state index in [0.29, 0.717) is 0 Å². The molecule has 1 aliphatic carbocycles. The molecule has 2 aliphatic rings. The van der Waals surface area contributed by atoms with Crippen molar-refractivity contribution in [2.75, 3.05) is 13.1 Å². The number of carbonyl (C=O) groups is 1. The third kappa shape index (κ3) is 3.91. The van der Waals surface area contributed by atoms with Gasteiger partial charge in [-0.3, -0.25) is 9.69 Å². The highest BCUT2D eigenvalue weighted by atomic mass is 16.3. The standard InChI is InChI=1S/C16H18N2O2/c17-8-1-9-18-10-6-13(7-11-18)2-3-14-4-5-15(19)16(20)12-14/h2-7,10-12,20H,1,8-9,17H2/p+2. The Labute approximate surface area is 118 Å². The van der Waals surface area contributed by atoms with Crippen molar-refractivity contribution < 1.29 is 20.5 Å². The van der Waals surface area contributed by atoms with Gasteiger partial charge in [-0.25, -0.2) is 0 Å². The SMILES string of the molecule is [NH3+]CCC[NH+]1C=CC(=CC=C2C=CC(=O)C(O)=C2)C=C1. The van der Waals surface area contributed by atoms with Gasteiger partial charge in [0.1, 0.15) is 0 Å². The zero-order chi connectivity index (χ0) is 14.4. The molecule has 0 aromatic carbocycles. The lowest BCUT2D eigenvalue weighted by atomic mass is 10.1. The first-order valence-electron chi connectivity index (χ1n) is 6.75. The number of nitrogens with one attached hydrogen (secondary N) is 1. The first-order chi connectivity index (χ1) is 9.69. The van der Waals surface area contributed by atoms with Crippen LogP contribution in [0.25, 0.3) is 0 Å². The molecule has 0 unspecified atom stereocenters. The Morgan fingerprint density at radius 1 is 1.10 bits per heavy atom. The van der Waals surface area contributed by atoms with E-state index in [2.05, 4.69) is 30.3 Å². The van der Waals surface area contributed by atoms with Crippen LogP contribution in [-0.2, 0) is 4.79 Å². The van der Waals surface area contributed by atoms with E-state index >= 15 is 0 Å². The minimum absolute atomic E-state index is 0.212. The Morgan fingerprint density at radius 3 is 2.45 bits per heavy atom. The smallest absolute Gasteiger partial charge is 0.220 e. The van der Waals surface area contributed by atoms with Crippen LogP contribution in [0, 0.1) is 0 Å². The van der Waals surface area contributed by atoms with Crippen molar-refractivity contribution in [1.82, 2.24) is 0 Å². The summed E-state index contributed by atoms with van der Waals surface area (Å²) in [4.78, 5) is 12.4. The molecule has 20 heavy (non-hydrogen) atoms. The fourth-order valence-electron chi connectivity index (χ4n) is 1.96. The van der Waals surface area contributed by atoms with Crippen LogP contribution in [0.5, 0.6) is 0 Å². The van der Waals surface area contributed by atoms with E-state index < -0.39 is 0 Å². The van der Waals surface area contributed by atoms with Crippen LogP contribution in [0.1, 0.15) is 6.42 Å². The number of hydrogen-bond acceptors (Lipinski definition) is 2. The molecule has 1 aliphatic heterocycles. The van der Waals surface area contributed by atoms with Gasteiger partial charge in [0.2, 0.25) is 5.78 Å². The molecule has 0 amide bonds. The topological polar surface area (TPSA) is 69.4 Å². The average molecular weight is 272 g/mol. The summed E-state index contributed by atoms with van der Waals surface area (Å²) in [5.74, 6) is -0.562. The lowest BCUT2D eigenvalue weighted by Crippen LogP contribution is -3.03. The highest BCUT2D eigenvalue weighted by molar-refractivity contribution is 6.04. The van der Waals surface area contributed by atoms with Gasteiger partial charge in [-0.2, -0.15) is 0 Å². The first kappa shape index (κ1) is 14.2. The second-order valence-electron chi connectivity index (χ2n) is 4.76. The Hall–Kier alpha value is -2.17. The molecule has 104 valence electrons. The Bertz CT molecular complexity index is 547. The fraction of sp³-hybridized carbons (Fsp3) is 0.188. The van der Waals surface area contributed by atoms with E-state index in [0.717, 1.165) is 30.7 Å². The van der Waals surface area contributed by atoms with Crippen molar-refractivity contribution in [2.24, 2.45) is 0 Å². The predicted octanol–water partition coefficient (Wildman–Crippen LogP) is -0.0221. The zero-order valence-electron chi connectivity index (χ0n) is 11.4. The van der Waals surface area contributed by atoms with E-state index in [1.165, 1.54) is 17.1 Å². The molecular weight excluding hydrogens is 252 g/mol. The van der Waals surface area contributed by atoms with E-state index in [9.17, 15) is 9.90 Å². The summed E-state index contributed by atoms with van der Waals surface area (Å²) in [6.45, 7) is 2.02. The second-order valence-corrected chi connectivity index (χ2v) is 4.76. The van der Waals surface area contributed by atoms with Crippen molar-refractivity contribution in [1.29, 1.82) is 0 Å². The summed E-state index contributed by atoms with van der Waals surface area (Å²) in [7, 11) is 0. The lowest BCUT2D eigenvalue weighted by molar-refractivity contribution is -0.792. The number of quaternary nitrogens is 2. The number of carbonyl (C=O) groups excluding carboxylic acids is 1. The van der Waals surface area contributed by atoms with E-state index in [4.69, 9.17) is 0 Å². The Balaban J connectivity index is 1.99. The number of hydrogen-bond donors (Lipinski definition) is 3. The molecule has 0 aromatic rings. The van der Waals surface area contributed by atoms with Crippen molar-refractivity contribution in [2.45, 2.75) is 6.42 Å². The Morgan fingerprint density at radius 2 is 1.80 bits per heavy atom. The number of aliphatic hydroxyl groups excluding tert-OH is 1. The van der Waals surface area contributed by atoms with Gasteiger partial charge in [-0.15, -0.1) is 0 Å². The molecule has 5 N–H and O–H groups in total. The molecular formula is C16H20N2O2+2. The van der Waals surface area contributed by atoms with Crippen LogP contribution in [0.4, 0.5) is 0 Å². The predicted molar refractivity (Wildman–Crippen MR) is 77.5 cm³/mol. The number of allylic oxidation sites excluding steroid dienone is 9. The summed E-state index contributed by atoms with van der Waals surface area (Å²) in [6.07, 6.45) is 17.9. The molecule has 0 fully saturated rings. The minimum atomic E-state index is -0.350. The quantitative estimate of drug-likeness (QED) is 0.673. The van der Waals surface area contributed by atoms with Crippen molar-refractivity contribution in [3.8, 4) is 0 Å². The molecule has 4 nitrogen and oxygen atoms in total. The van der Waals surface area contributed by atoms with Crippen LogP contribution in [0.3, 0.4) is 0 Å². The molecule has 0 bridgehead atoms. The Kier molecular flexibility index (Phi) is 4.87. The normalized spacial score (nSPS) is 23.4. The van der Waals surface area contributed by atoms with Crippen molar-refractivity contribution in [3.05, 3.63) is 71.8 Å². The molecule has 0 saturated heterocycles. The van der Waals surface area contributed by atoms with Crippen molar-refractivity contribution >= 4 is 5.78 Å². The third-order valence-corrected chi connectivity index (χ3v) is 3.15. The third-order valence-electron chi connectivity index (χ3n) is 3.15. The molecule has 1 heterocycles. The van der Waals surface area contributed by atoms with Gasteiger partial charge in [-0.1, -0.05) is 18.2 Å². The van der Waals surface area contributed by atoms with Gasteiger partial charge < -0.3 is 10.8 Å². The monoisotopic (exact) mass is 272 g/mol. The summed E-state index contributed by atoms with van der Waals surface area (Å²) in [5, 5.41) is 9.36. The van der Waals surface area contributed by atoms with E-state index in [1.807, 2.05) is 12.2 Å². The summed E-state index contributed by atoms with van der Waals surface area (Å²) in [5.41, 5.74) is 5.74. The van der Waals surface area contributed by atoms with Crippen LogP contribution >= 0.6 is 0 Å². The summed E-state index contributed by atoms with van der Waals surface area (Å²) < 4.78 is 0. The molecule has 0 aromatic heterocycles. The van der Waals surface area contributed by atoms with E-state index in [1.54, 1.807) is 6.08 Å². The number of aliphatic hydroxyl groups is 1.